The number of ether oxygens (including phenoxy) is 1. The third-order valence-corrected chi connectivity index (χ3v) is 8.06. The Morgan fingerprint density at radius 2 is 2.11 bits per heavy atom. The van der Waals surface area contributed by atoms with Crippen LogP contribution in [0, 0.1) is 6.92 Å². The number of hydrogen-bond acceptors (Lipinski definition) is 9. The van der Waals surface area contributed by atoms with E-state index >= 15 is 0 Å². The van der Waals surface area contributed by atoms with E-state index < -0.39 is 11.6 Å². The summed E-state index contributed by atoms with van der Waals surface area (Å²) in [6.07, 6.45) is 1.54. The number of aromatic nitrogens is 3. The third kappa shape index (κ3) is 4.16. The van der Waals surface area contributed by atoms with Gasteiger partial charge in [0.2, 0.25) is 0 Å². The molecule has 7 N–H and O–H groups in total. The molecule has 1 amide bonds. The van der Waals surface area contributed by atoms with Gasteiger partial charge in [-0.25, -0.2) is 9.98 Å². The molecule has 0 fully saturated rings. The molecule has 10 nitrogen and oxygen atoms in total. The summed E-state index contributed by atoms with van der Waals surface area (Å²) in [5.41, 5.74) is 16.6. The number of nitrogens with zero attached hydrogens (tertiary/aromatic N) is 3. The van der Waals surface area contributed by atoms with Gasteiger partial charge >= 0.3 is 0 Å². The van der Waals surface area contributed by atoms with Gasteiger partial charge in [0.15, 0.2) is 10.9 Å². The van der Waals surface area contributed by atoms with E-state index in [2.05, 4.69) is 25.8 Å². The molecule has 0 saturated heterocycles. The maximum Gasteiger partial charge on any atom is 0.255 e. The summed E-state index contributed by atoms with van der Waals surface area (Å²) in [5, 5.41) is 14.5. The molecule has 1 aliphatic rings. The monoisotopic (exact) mass is 552 g/mol. The van der Waals surface area contributed by atoms with Crippen LogP contribution >= 0.6 is 22.9 Å². The second kappa shape index (κ2) is 9.90. The van der Waals surface area contributed by atoms with Crippen molar-refractivity contribution in [1.82, 2.24) is 20.5 Å². The van der Waals surface area contributed by atoms with Gasteiger partial charge in [0, 0.05) is 28.6 Å². The minimum Gasteiger partial charge on any atom is -0.493 e. The molecule has 0 radical (unpaired) electrons. The number of benzene rings is 2. The van der Waals surface area contributed by atoms with Gasteiger partial charge in [0.05, 0.1) is 40.0 Å². The molecule has 1 aliphatic heterocycles. The second-order valence-corrected chi connectivity index (χ2v) is 10.5. The highest BCUT2D eigenvalue weighted by Crippen LogP contribution is 2.48. The van der Waals surface area contributed by atoms with Crippen LogP contribution in [0.5, 0.6) is 5.75 Å². The number of hydrogen-bond donors (Lipinski definition) is 5. The van der Waals surface area contributed by atoms with Crippen molar-refractivity contribution in [3.8, 4) is 17.0 Å². The van der Waals surface area contributed by atoms with Crippen LogP contribution in [0.4, 0.5) is 10.9 Å². The molecule has 0 spiro atoms. The Hall–Kier alpha value is -3.67. The minimum absolute atomic E-state index is 0.258. The molecule has 198 valence electrons. The Bertz CT molecular complexity index is 1580. The van der Waals surface area contributed by atoms with Crippen LogP contribution in [0.15, 0.2) is 29.3 Å². The number of anilines is 2. The molecule has 3 heterocycles. The van der Waals surface area contributed by atoms with Crippen LogP contribution in [0.25, 0.3) is 21.5 Å². The summed E-state index contributed by atoms with van der Waals surface area (Å²) in [5.74, 6) is 0.283. The van der Waals surface area contributed by atoms with Crippen LogP contribution in [0.2, 0.25) is 5.02 Å². The first-order chi connectivity index (χ1) is 18.2. The lowest BCUT2D eigenvalue weighted by atomic mass is 9.80. The van der Waals surface area contributed by atoms with Gasteiger partial charge in [0.25, 0.3) is 5.91 Å². The number of aromatic amines is 1. The molecule has 0 aliphatic carbocycles. The van der Waals surface area contributed by atoms with Crippen molar-refractivity contribution in [3.05, 3.63) is 51.5 Å². The molecule has 0 saturated carbocycles. The Morgan fingerprint density at radius 3 is 2.84 bits per heavy atom. The van der Waals surface area contributed by atoms with Gasteiger partial charge in [0.1, 0.15) is 11.4 Å². The zero-order chi connectivity index (χ0) is 27.2. The van der Waals surface area contributed by atoms with E-state index in [1.54, 1.807) is 6.92 Å². The summed E-state index contributed by atoms with van der Waals surface area (Å²) in [4.78, 5) is 22.2. The number of amides is 1. The van der Waals surface area contributed by atoms with Crippen molar-refractivity contribution < 1.29 is 9.53 Å². The zero-order valence-electron chi connectivity index (χ0n) is 21.5. The summed E-state index contributed by atoms with van der Waals surface area (Å²) in [6, 6.07) is 7.67. The maximum absolute atomic E-state index is 13.1. The van der Waals surface area contributed by atoms with E-state index in [1.807, 2.05) is 45.0 Å². The number of nitrogens with two attached hydrogens (primary N) is 2. The number of nitrogens with one attached hydrogen (secondary N) is 3. The largest absolute Gasteiger partial charge is 0.493 e. The zero-order valence-corrected chi connectivity index (χ0v) is 23.0. The number of carbonyl (C=O) groups excluding carboxylic acids is 1. The van der Waals surface area contributed by atoms with E-state index in [0.717, 1.165) is 15.8 Å². The van der Waals surface area contributed by atoms with Crippen LogP contribution in [-0.2, 0) is 5.66 Å². The predicted molar refractivity (Wildman–Crippen MR) is 153 cm³/mol. The molecule has 2 aromatic carbocycles. The summed E-state index contributed by atoms with van der Waals surface area (Å²) in [7, 11) is 0. The standard InChI is InChI=1S/C26H29ClN8O2S/c1-5-30-24(36)19-12(3)16(27)10-15(22(19)37-6-2)13(4)26(29)20-21(34-35-23(20)31-11-32-26)14-7-8-17-18(9-14)38-25(28)33-17/h7-11,13H,5-6,29H2,1-4H3,(H2,28,33)(H,30,36)(H2,31,32,34,35). The fourth-order valence-corrected chi connectivity index (χ4v) is 5.85. The molecule has 2 atom stereocenters. The van der Waals surface area contributed by atoms with Crippen molar-refractivity contribution in [2.24, 2.45) is 10.7 Å². The van der Waals surface area contributed by atoms with Crippen LogP contribution < -0.4 is 26.8 Å². The first kappa shape index (κ1) is 26.0. The lowest BCUT2D eigenvalue weighted by Crippen LogP contribution is -2.43. The maximum atomic E-state index is 13.1. The van der Waals surface area contributed by atoms with Gasteiger partial charge in [-0.2, -0.15) is 5.10 Å². The molecule has 5 rings (SSSR count). The Labute approximate surface area is 228 Å². The SMILES string of the molecule is CCNC(=O)c1c(C)c(Cl)cc(C(C)C2(N)N=CNc3n[nH]c(-c4ccc5nc(N)sc5c4)c32)c1OCC. The molecular weight excluding hydrogens is 524 g/mol. The number of fused-ring (bicyclic) bond motifs is 2. The van der Waals surface area contributed by atoms with E-state index in [1.165, 1.54) is 17.7 Å². The third-order valence-electron chi connectivity index (χ3n) is 6.82. The Kier molecular flexibility index (Phi) is 6.76. The summed E-state index contributed by atoms with van der Waals surface area (Å²) >= 11 is 8.08. The van der Waals surface area contributed by atoms with Crippen molar-refractivity contribution in [2.45, 2.75) is 39.3 Å². The quantitative estimate of drug-likeness (QED) is 0.221. The number of carbonyl (C=O) groups is 1. The topological polar surface area (TPSA) is 156 Å². The number of H-pyrrole nitrogens is 1. The van der Waals surface area contributed by atoms with Crippen molar-refractivity contribution in [1.29, 1.82) is 0 Å². The minimum atomic E-state index is -1.27. The lowest BCUT2D eigenvalue weighted by molar-refractivity contribution is 0.0951. The highest BCUT2D eigenvalue weighted by molar-refractivity contribution is 7.22. The average molecular weight is 553 g/mol. The van der Waals surface area contributed by atoms with Gasteiger partial charge in [-0.15, -0.1) is 0 Å². The van der Waals surface area contributed by atoms with Crippen LogP contribution in [0.3, 0.4) is 0 Å². The van der Waals surface area contributed by atoms with Gasteiger partial charge < -0.3 is 26.8 Å². The number of aliphatic imine (C=N–C) groups is 1. The van der Waals surface area contributed by atoms with E-state index in [-0.39, 0.29) is 5.91 Å². The summed E-state index contributed by atoms with van der Waals surface area (Å²) in [6.45, 7) is 8.31. The first-order valence-corrected chi connectivity index (χ1v) is 13.5. The highest BCUT2D eigenvalue weighted by atomic mass is 35.5. The fraction of sp³-hybridized carbons (Fsp3) is 0.308. The molecule has 0 bridgehead atoms. The average Bonchev–Trinajstić information content (AvgIpc) is 3.49. The molecule has 4 aromatic rings. The normalized spacial score (nSPS) is 17.2. The van der Waals surface area contributed by atoms with Crippen LogP contribution in [0.1, 0.15) is 53.7 Å². The molecule has 12 heteroatoms. The molecule has 2 unspecified atom stereocenters. The van der Waals surface area contributed by atoms with Gasteiger partial charge in [-0.3, -0.25) is 9.89 Å². The van der Waals surface area contributed by atoms with Crippen molar-refractivity contribution >= 4 is 56.3 Å². The molecule has 38 heavy (non-hydrogen) atoms. The lowest BCUT2D eigenvalue weighted by Gasteiger charge is -2.36. The van der Waals surface area contributed by atoms with E-state index in [0.29, 0.717) is 62.8 Å². The van der Waals surface area contributed by atoms with Crippen LogP contribution in [-0.4, -0.2) is 40.6 Å². The highest BCUT2D eigenvalue weighted by Gasteiger charge is 2.44. The smallest absolute Gasteiger partial charge is 0.255 e. The summed E-state index contributed by atoms with van der Waals surface area (Å²) < 4.78 is 7.03. The number of nitrogen functional groups attached to an aromatic ring is 1. The first-order valence-electron chi connectivity index (χ1n) is 12.3. The van der Waals surface area contributed by atoms with Gasteiger partial charge in [-0.05, 0) is 44.5 Å². The number of rotatable bonds is 7. The molecule has 2 aromatic heterocycles. The van der Waals surface area contributed by atoms with Crippen molar-refractivity contribution in [2.75, 3.05) is 24.2 Å². The van der Waals surface area contributed by atoms with E-state index in [9.17, 15) is 4.79 Å². The van der Waals surface area contributed by atoms with Crippen molar-refractivity contribution in [3.63, 3.8) is 0 Å². The Balaban J connectivity index is 1.68. The molecular formula is C26H29ClN8O2S. The fourth-order valence-electron chi connectivity index (χ4n) is 4.86. The predicted octanol–water partition coefficient (Wildman–Crippen LogP) is 4.75. The number of thiazole rings is 1. The van der Waals surface area contributed by atoms with Gasteiger partial charge in [-0.1, -0.05) is 35.9 Å². The Morgan fingerprint density at radius 1 is 1.32 bits per heavy atom. The second-order valence-electron chi connectivity index (χ2n) is 9.08. The van der Waals surface area contributed by atoms with E-state index in [4.69, 9.17) is 32.8 Å². The number of halogens is 1.